The van der Waals surface area contributed by atoms with E-state index in [1.807, 2.05) is 85.8 Å². The van der Waals surface area contributed by atoms with Gasteiger partial charge in [0.1, 0.15) is 10.0 Å². The van der Waals surface area contributed by atoms with Gasteiger partial charge in [0.15, 0.2) is 10.0 Å². The molecule has 0 heterocycles. The van der Waals surface area contributed by atoms with Gasteiger partial charge in [-0.3, -0.25) is 0 Å². The lowest BCUT2D eigenvalue weighted by atomic mass is 10.1. The van der Waals surface area contributed by atoms with Gasteiger partial charge in [-0.1, -0.05) is 36.4 Å². The lowest BCUT2D eigenvalue weighted by Crippen LogP contribution is -2.24. The van der Waals surface area contributed by atoms with Gasteiger partial charge in [0.25, 0.3) is 0 Å². The number of benzene rings is 4. The largest absolute Gasteiger partial charge is 0.480 e. The molecule has 0 fully saturated rings. The minimum atomic E-state index is -6.22. The van der Waals surface area contributed by atoms with Crippen LogP contribution in [-0.4, -0.2) is 28.9 Å². The van der Waals surface area contributed by atoms with E-state index in [2.05, 4.69) is 19.7 Å². The summed E-state index contributed by atoms with van der Waals surface area (Å²) in [4.78, 5) is 1.40. The summed E-state index contributed by atoms with van der Waals surface area (Å²) in [7, 11) is -11.3. The molecule has 2 N–H and O–H groups in total. The molecule has 0 saturated carbocycles. The first-order chi connectivity index (χ1) is 18.9. The van der Waals surface area contributed by atoms with Crippen LogP contribution in [0.25, 0.3) is 4.13 Å². The molecule has 0 unspecified atom stereocenters. The maximum Gasteiger partial charge on any atom is 0.480 e. The summed E-state index contributed by atoms with van der Waals surface area (Å²) in [6, 6.07) is 29.5. The molecule has 0 aliphatic rings. The van der Waals surface area contributed by atoms with Gasteiger partial charge < -0.3 is 19.7 Å². The van der Waals surface area contributed by atoms with Crippen LogP contribution in [0.1, 0.15) is 6.92 Å². The Bertz CT molecular complexity index is 1670. The van der Waals surface area contributed by atoms with Gasteiger partial charge in [0, 0.05) is 45.6 Å². The highest BCUT2D eigenvalue weighted by atomic mass is 32.3. The lowest BCUT2D eigenvalue weighted by molar-refractivity contribution is -0.0425. The van der Waals surface area contributed by atoms with Crippen LogP contribution < -0.4 is 15.5 Å². The number of hydrogen-bond acceptors (Lipinski definition) is 7. The number of hydrogen-bond donors (Lipinski definition) is 2. The Morgan fingerprint density at radius 2 is 1.18 bits per heavy atom. The smallest absolute Gasteiger partial charge is 0.424 e. The summed E-state index contributed by atoms with van der Waals surface area (Å²) in [5.74, 6) is 0. The van der Waals surface area contributed by atoms with Crippen molar-refractivity contribution in [2.75, 3.05) is 22.1 Å². The second-order valence-electron chi connectivity index (χ2n) is 8.46. The summed E-state index contributed by atoms with van der Waals surface area (Å²) in [5.41, 5.74) is -1.35. The maximum atomic E-state index is 12.6. The van der Waals surface area contributed by atoms with Crippen molar-refractivity contribution >= 4 is 54.2 Å². The van der Waals surface area contributed by atoms with Gasteiger partial charge in [-0.25, -0.2) is 16.8 Å². The van der Waals surface area contributed by atoms with E-state index in [1.54, 1.807) is 0 Å². The molecule has 210 valence electrons. The van der Waals surface area contributed by atoms with Crippen molar-refractivity contribution in [2.45, 2.75) is 17.3 Å². The molecule has 0 spiro atoms. The predicted molar refractivity (Wildman–Crippen MR) is 151 cm³/mol. The Morgan fingerprint density at radius 1 is 0.675 bits per heavy atom. The van der Waals surface area contributed by atoms with Crippen LogP contribution >= 0.6 is 0 Å². The Morgan fingerprint density at radius 3 is 1.68 bits per heavy atom. The molecule has 8 nitrogen and oxygen atoms in total. The minimum absolute atomic E-state index is 0.406. The van der Waals surface area contributed by atoms with E-state index in [0.717, 1.165) is 34.9 Å². The second kappa shape index (κ2) is 11.6. The number of para-hydroxylation sites is 2. The molecular formula is C27H24F3N4O4S2-. The summed E-state index contributed by atoms with van der Waals surface area (Å²) in [6.45, 7) is 2.68. The van der Waals surface area contributed by atoms with Gasteiger partial charge >= 0.3 is 5.51 Å². The Kier molecular flexibility index (Phi) is 8.37. The van der Waals surface area contributed by atoms with Gasteiger partial charge in [-0.2, -0.15) is 13.2 Å². The highest BCUT2D eigenvalue weighted by Crippen LogP contribution is 2.35. The highest BCUT2D eigenvalue weighted by molar-refractivity contribution is 8.12. The van der Waals surface area contributed by atoms with E-state index >= 15 is 0 Å². The van der Waals surface area contributed by atoms with Crippen LogP contribution in [0.3, 0.4) is 0 Å². The molecule has 0 bridgehead atoms. The number of nitrogens with one attached hydrogen (secondary N) is 2. The fraction of sp³-hybridized carbons (Fsp3) is 0.111. The molecule has 0 saturated heterocycles. The molecule has 4 aromatic carbocycles. The third kappa shape index (κ3) is 6.92. The maximum absolute atomic E-state index is 12.6. The minimum Gasteiger partial charge on any atom is -0.424 e. The van der Waals surface area contributed by atoms with Crippen LogP contribution in [0.15, 0.2) is 108 Å². The molecule has 40 heavy (non-hydrogen) atoms. The SMILES string of the molecule is CCN(c1ccccc1)c1cc(Nc2ccccc2)cc(Nc2ccc(S(=O)(=O)[N-]S(=O)(=O)C(F)(F)F)cc2)c1. The van der Waals surface area contributed by atoms with Crippen LogP contribution in [0.2, 0.25) is 0 Å². The molecule has 0 aromatic heterocycles. The first-order valence-corrected chi connectivity index (χ1v) is 14.7. The van der Waals surface area contributed by atoms with Crippen molar-refractivity contribution < 1.29 is 30.0 Å². The Hall–Kier alpha value is -4.07. The Labute approximate surface area is 230 Å². The van der Waals surface area contributed by atoms with Crippen LogP contribution in [0, 0.1) is 0 Å². The number of sulfonamides is 2. The van der Waals surface area contributed by atoms with E-state index in [1.165, 1.54) is 12.1 Å². The van der Waals surface area contributed by atoms with Crippen molar-refractivity contribution in [1.82, 2.24) is 0 Å². The zero-order valence-corrected chi connectivity index (χ0v) is 22.6. The van der Waals surface area contributed by atoms with Gasteiger partial charge in [-0.15, -0.1) is 0 Å². The first-order valence-electron chi connectivity index (χ1n) is 11.9. The van der Waals surface area contributed by atoms with E-state index in [0.29, 0.717) is 17.9 Å². The number of anilines is 6. The van der Waals surface area contributed by atoms with Crippen molar-refractivity contribution in [3.63, 3.8) is 0 Å². The molecule has 0 amide bonds. The molecule has 0 atom stereocenters. The average Bonchev–Trinajstić information content (AvgIpc) is 2.89. The van der Waals surface area contributed by atoms with Crippen molar-refractivity contribution in [1.29, 1.82) is 0 Å². The predicted octanol–water partition coefficient (Wildman–Crippen LogP) is 7.24. The lowest BCUT2D eigenvalue weighted by Gasteiger charge is -2.25. The number of halogens is 3. The van der Waals surface area contributed by atoms with E-state index in [4.69, 9.17) is 0 Å². The summed E-state index contributed by atoms with van der Waals surface area (Å²) in [6.07, 6.45) is 0. The molecule has 4 rings (SSSR count). The van der Waals surface area contributed by atoms with Crippen molar-refractivity contribution in [2.24, 2.45) is 0 Å². The standard InChI is InChI=1S/C27H24F3N4O4S2/c1-2-34(24-11-7-4-8-12-24)25-18-22(31-20-9-5-3-6-10-20)17-23(19-25)32-21-13-15-26(16-14-21)39(35,36)33-40(37,38)27(28,29)30/h3-19,31-32H,2H2,1H3/q-1. The summed E-state index contributed by atoms with van der Waals surface area (Å²) >= 11 is 0. The Balaban J connectivity index is 1.64. The number of alkyl halides is 3. The fourth-order valence-electron chi connectivity index (χ4n) is 3.81. The van der Waals surface area contributed by atoms with E-state index < -0.39 is 30.5 Å². The third-order valence-electron chi connectivity index (χ3n) is 5.61. The van der Waals surface area contributed by atoms with Gasteiger partial charge in [0.05, 0.1) is 0 Å². The van der Waals surface area contributed by atoms with Crippen molar-refractivity contribution in [3.05, 3.63) is 107 Å². The zero-order chi connectivity index (χ0) is 29.0. The number of rotatable bonds is 10. The quantitative estimate of drug-likeness (QED) is 0.201. The summed E-state index contributed by atoms with van der Waals surface area (Å²) in [5, 5.41) is 6.52. The molecule has 0 aliphatic carbocycles. The van der Waals surface area contributed by atoms with Crippen molar-refractivity contribution in [3.8, 4) is 0 Å². The first kappa shape index (κ1) is 28.9. The molecule has 4 aromatic rings. The van der Waals surface area contributed by atoms with Crippen LogP contribution in [0.5, 0.6) is 0 Å². The van der Waals surface area contributed by atoms with E-state index in [-0.39, 0.29) is 0 Å². The van der Waals surface area contributed by atoms with Crippen LogP contribution in [0.4, 0.5) is 47.3 Å². The fourth-order valence-corrected chi connectivity index (χ4v) is 6.01. The highest BCUT2D eigenvalue weighted by Gasteiger charge is 2.40. The molecule has 0 aliphatic heterocycles. The summed E-state index contributed by atoms with van der Waals surface area (Å²) < 4.78 is 86.8. The third-order valence-corrected chi connectivity index (χ3v) is 8.63. The molecule has 13 heteroatoms. The molecule has 0 radical (unpaired) electrons. The molecular weight excluding hydrogens is 565 g/mol. The second-order valence-corrected chi connectivity index (χ2v) is 11.9. The zero-order valence-electron chi connectivity index (χ0n) is 21.0. The topological polar surface area (TPSA) is 110 Å². The van der Waals surface area contributed by atoms with E-state index in [9.17, 15) is 30.0 Å². The van der Waals surface area contributed by atoms with Gasteiger partial charge in [-0.05, 0) is 73.7 Å². The average molecular weight is 590 g/mol. The normalized spacial score (nSPS) is 12.1. The monoisotopic (exact) mass is 589 g/mol. The van der Waals surface area contributed by atoms with Crippen LogP contribution in [-0.2, 0) is 20.0 Å². The number of nitrogens with zero attached hydrogens (tertiary/aromatic N) is 2. The van der Waals surface area contributed by atoms with Gasteiger partial charge in [0.2, 0.25) is 0 Å².